The second kappa shape index (κ2) is 7.35. The fourth-order valence-electron chi connectivity index (χ4n) is 2.06. The van der Waals surface area contributed by atoms with Gasteiger partial charge in [0.25, 0.3) is 0 Å². The van der Waals surface area contributed by atoms with Crippen molar-refractivity contribution in [3.05, 3.63) is 54.1 Å². The predicted octanol–water partition coefficient (Wildman–Crippen LogP) is 6.26. The Morgan fingerprint density at radius 2 is 1.95 bits per heavy atom. The molecule has 0 spiro atoms. The molecule has 0 aliphatic heterocycles. The van der Waals surface area contributed by atoms with Crippen LogP contribution in [0.25, 0.3) is 0 Å². The van der Waals surface area contributed by atoms with Crippen molar-refractivity contribution in [3.8, 4) is 0 Å². The fourth-order valence-corrected chi connectivity index (χ4v) is 4.03. The maximum atomic E-state index is 6.25. The van der Waals surface area contributed by atoms with E-state index < -0.39 is 0 Å². The first-order chi connectivity index (χ1) is 9.52. The summed E-state index contributed by atoms with van der Waals surface area (Å²) in [4.78, 5) is 0. The van der Waals surface area contributed by atoms with E-state index in [0.29, 0.717) is 25.1 Å². The average molecular weight is 369 g/mol. The number of rotatable bonds is 5. The minimum absolute atomic E-state index is 0.0622. The van der Waals surface area contributed by atoms with Gasteiger partial charge in [0.1, 0.15) is 0 Å². The van der Waals surface area contributed by atoms with Gasteiger partial charge in [0.15, 0.2) is 0 Å². The van der Waals surface area contributed by atoms with Gasteiger partial charge < -0.3 is 5.32 Å². The van der Waals surface area contributed by atoms with Gasteiger partial charge in [0.2, 0.25) is 0 Å². The van der Waals surface area contributed by atoms with Crippen LogP contribution < -0.4 is 5.32 Å². The van der Waals surface area contributed by atoms with Gasteiger partial charge in [-0.3, -0.25) is 0 Å². The van der Waals surface area contributed by atoms with E-state index in [4.69, 9.17) is 46.4 Å². The number of thiophene rings is 1. The molecule has 1 unspecified atom stereocenters. The molecule has 0 aliphatic carbocycles. The molecular formula is C14H13Cl4NS. The van der Waals surface area contributed by atoms with Crippen molar-refractivity contribution in [2.24, 2.45) is 0 Å². The first-order valence-electron chi connectivity index (χ1n) is 6.14. The van der Waals surface area contributed by atoms with Gasteiger partial charge in [-0.15, -0.1) is 11.3 Å². The fraction of sp³-hybridized carbons (Fsp3) is 0.286. The molecular weight excluding hydrogens is 356 g/mol. The molecule has 1 aromatic heterocycles. The van der Waals surface area contributed by atoms with E-state index in [0.717, 1.165) is 17.7 Å². The minimum Gasteiger partial charge on any atom is -0.310 e. The molecule has 1 nitrogen and oxygen atoms in total. The lowest BCUT2D eigenvalue weighted by atomic mass is 10.0. The third-order valence-electron chi connectivity index (χ3n) is 2.96. The topological polar surface area (TPSA) is 12.0 Å². The molecule has 0 radical (unpaired) electrons. The summed E-state index contributed by atoms with van der Waals surface area (Å²) in [5.74, 6) is 0. The molecule has 1 aromatic carbocycles. The lowest BCUT2D eigenvalue weighted by Crippen LogP contribution is -2.22. The van der Waals surface area contributed by atoms with Crippen molar-refractivity contribution in [1.82, 2.24) is 5.32 Å². The highest BCUT2D eigenvalue weighted by Crippen LogP contribution is 2.37. The molecule has 2 aromatic rings. The van der Waals surface area contributed by atoms with Crippen LogP contribution in [0, 0.1) is 0 Å². The number of benzene rings is 1. The Kier molecular flexibility index (Phi) is 6.03. The Balaban J connectivity index is 2.30. The lowest BCUT2D eigenvalue weighted by Gasteiger charge is -2.18. The smallest absolute Gasteiger partial charge is 0.0992 e. The summed E-state index contributed by atoms with van der Waals surface area (Å²) < 4.78 is 1.39. The van der Waals surface area contributed by atoms with Crippen LogP contribution in [0.3, 0.4) is 0 Å². The zero-order valence-corrected chi connectivity index (χ0v) is 14.6. The van der Waals surface area contributed by atoms with Gasteiger partial charge >= 0.3 is 0 Å². The maximum Gasteiger partial charge on any atom is 0.0992 e. The highest BCUT2D eigenvalue weighted by Gasteiger charge is 2.19. The van der Waals surface area contributed by atoms with E-state index in [2.05, 4.69) is 12.2 Å². The number of likely N-dealkylation sites (N-methyl/N-ethyl adjacent to an activating group) is 1. The molecule has 1 atom stereocenters. The van der Waals surface area contributed by atoms with Crippen molar-refractivity contribution >= 4 is 57.7 Å². The summed E-state index contributed by atoms with van der Waals surface area (Å²) in [5, 5.41) is 4.57. The summed E-state index contributed by atoms with van der Waals surface area (Å²) >= 11 is 26.0. The average Bonchev–Trinajstić information content (AvgIpc) is 2.73. The molecule has 0 saturated carbocycles. The molecule has 0 aliphatic rings. The Hall–Kier alpha value is 0.0400. The standard InChI is InChI=1S/C14H13Cl4NS/c1-2-19-11(9-7-12(16)20-14(9)18)6-8-4-3-5-10(15)13(8)17/h3-5,7,11,19H,2,6H2,1H3. The number of halogens is 4. The highest BCUT2D eigenvalue weighted by atomic mass is 35.5. The Morgan fingerprint density at radius 1 is 1.20 bits per heavy atom. The Morgan fingerprint density at radius 3 is 2.55 bits per heavy atom. The maximum absolute atomic E-state index is 6.25. The normalized spacial score (nSPS) is 12.7. The van der Waals surface area contributed by atoms with Crippen LogP contribution in [0.1, 0.15) is 24.1 Å². The summed E-state index contributed by atoms with van der Waals surface area (Å²) in [6.45, 7) is 2.88. The summed E-state index contributed by atoms with van der Waals surface area (Å²) in [5.41, 5.74) is 1.99. The van der Waals surface area contributed by atoms with Crippen LogP contribution in [0.4, 0.5) is 0 Å². The first-order valence-corrected chi connectivity index (χ1v) is 8.46. The first kappa shape index (κ1) is 16.4. The molecule has 2 rings (SSSR count). The van der Waals surface area contributed by atoms with Crippen LogP contribution in [-0.2, 0) is 6.42 Å². The predicted molar refractivity (Wildman–Crippen MR) is 90.9 cm³/mol. The quantitative estimate of drug-likeness (QED) is 0.657. The van der Waals surface area contributed by atoms with E-state index >= 15 is 0 Å². The molecule has 0 fully saturated rings. The van der Waals surface area contributed by atoms with Crippen LogP contribution in [0.5, 0.6) is 0 Å². The second-order valence-electron chi connectivity index (χ2n) is 4.31. The van der Waals surface area contributed by atoms with Crippen LogP contribution in [0.15, 0.2) is 24.3 Å². The number of nitrogens with one attached hydrogen (secondary N) is 1. The van der Waals surface area contributed by atoms with Gasteiger partial charge in [-0.2, -0.15) is 0 Å². The second-order valence-corrected chi connectivity index (χ2v) is 7.38. The molecule has 0 bridgehead atoms. The Labute approximate surface area is 142 Å². The van der Waals surface area contributed by atoms with Crippen molar-refractivity contribution in [1.29, 1.82) is 0 Å². The van der Waals surface area contributed by atoms with Crippen molar-refractivity contribution in [3.63, 3.8) is 0 Å². The van der Waals surface area contributed by atoms with Gasteiger partial charge in [-0.25, -0.2) is 0 Å². The van der Waals surface area contributed by atoms with Gasteiger partial charge in [0, 0.05) is 11.6 Å². The van der Waals surface area contributed by atoms with Gasteiger partial charge in [0.05, 0.1) is 18.7 Å². The van der Waals surface area contributed by atoms with Crippen LogP contribution in [-0.4, -0.2) is 6.54 Å². The summed E-state index contributed by atoms with van der Waals surface area (Å²) in [6, 6.07) is 7.62. The molecule has 6 heteroatoms. The van der Waals surface area contributed by atoms with Crippen LogP contribution >= 0.6 is 57.7 Å². The van der Waals surface area contributed by atoms with E-state index in [9.17, 15) is 0 Å². The van der Waals surface area contributed by atoms with E-state index in [1.807, 2.05) is 18.2 Å². The van der Waals surface area contributed by atoms with Crippen molar-refractivity contribution < 1.29 is 0 Å². The van der Waals surface area contributed by atoms with Gasteiger partial charge in [-0.05, 0) is 30.7 Å². The largest absolute Gasteiger partial charge is 0.310 e. The minimum atomic E-state index is 0.0622. The monoisotopic (exact) mass is 367 g/mol. The molecule has 20 heavy (non-hydrogen) atoms. The van der Waals surface area contributed by atoms with Crippen LogP contribution in [0.2, 0.25) is 18.7 Å². The third kappa shape index (κ3) is 3.82. The van der Waals surface area contributed by atoms with Crippen molar-refractivity contribution in [2.45, 2.75) is 19.4 Å². The van der Waals surface area contributed by atoms with E-state index in [-0.39, 0.29) is 6.04 Å². The molecule has 0 amide bonds. The third-order valence-corrected chi connectivity index (χ3v) is 5.34. The van der Waals surface area contributed by atoms with E-state index in [1.165, 1.54) is 11.3 Å². The Bertz CT molecular complexity index is 597. The van der Waals surface area contributed by atoms with Crippen molar-refractivity contribution in [2.75, 3.05) is 6.54 Å². The zero-order valence-electron chi connectivity index (χ0n) is 10.7. The summed E-state index contributed by atoms with van der Waals surface area (Å²) in [7, 11) is 0. The number of hydrogen-bond acceptors (Lipinski definition) is 2. The zero-order chi connectivity index (χ0) is 14.7. The lowest BCUT2D eigenvalue weighted by molar-refractivity contribution is 0.551. The highest BCUT2D eigenvalue weighted by molar-refractivity contribution is 7.20. The SMILES string of the molecule is CCNC(Cc1cccc(Cl)c1Cl)c1cc(Cl)sc1Cl. The molecule has 1 N–H and O–H groups in total. The van der Waals surface area contributed by atoms with Gasteiger partial charge in [-0.1, -0.05) is 65.5 Å². The van der Waals surface area contributed by atoms with E-state index in [1.54, 1.807) is 6.07 Å². The molecule has 0 saturated heterocycles. The number of hydrogen-bond donors (Lipinski definition) is 1. The molecule has 1 heterocycles. The summed E-state index contributed by atoms with van der Waals surface area (Å²) in [6.07, 6.45) is 0.708. The molecule has 108 valence electrons.